The number of aromatic hydroxyl groups is 1. The molecule has 1 N–H and O–H groups in total. The van der Waals surface area contributed by atoms with Crippen molar-refractivity contribution in [1.82, 2.24) is 9.80 Å². The van der Waals surface area contributed by atoms with Gasteiger partial charge in [0, 0.05) is 42.8 Å². The van der Waals surface area contributed by atoms with Gasteiger partial charge in [0.05, 0.1) is 0 Å². The second-order valence-corrected chi connectivity index (χ2v) is 6.09. The molecule has 4 heteroatoms. The zero-order valence-corrected chi connectivity index (χ0v) is 12.2. The van der Waals surface area contributed by atoms with Crippen LogP contribution in [-0.4, -0.2) is 47.1 Å². The molecule has 0 amide bonds. The van der Waals surface area contributed by atoms with Crippen LogP contribution in [0.4, 0.5) is 4.39 Å². The fourth-order valence-electron chi connectivity index (χ4n) is 2.66. The number of benzene rings is 1. The van der Waals surface area contributed by atoms with Crippen LogP contribution in [0.2, 0.25) is 0 Å². The maximum atomic E-state index is 13.9. The van der Waals surface area contributed by atoms with E-state index in [1.807, 2.05) is 6.92 Å². The molecule has 1 saturated heterocycles. The molecule has 0 saturated carbocycles. The Morgan fingerprint density at radius 3 is 2.58 bits per heavy atom. The average Bonchev–Trinajstić information content (AvgIpc) is 2.32. The smallest absolute Gasteiger partial charge is 0.131 e. The first-order chi connectivity index (χ1) is 8.81. The van der Waals surface area contributed by atoms with Gasteiger partial charge in [-0.3, -0.25) is 9.80 Å². The first kappa shape index (κ1) is 14.3. The first-order valence-electron chi connectivity index (χ1n) is 6.75. The van der Waals surface area contributed by atoms with Crippen molar-refractivity contribution < 1.29 is 9.50 Å². The van der Waals surface area contributed by atoms with Crippen molar-refractivity contribution in [2.24, 2.45) is 0 Å². The van der Waals surface area contributed by atoms with Crippen molar-refractivity contribution in [3.8, 4) is 5.75 Å². The molecule has 0 bridgehead atoms. The maximum Gasteiger partial charge on any atom is 0.131 e. The monoisotopic (exact) mass is 266 g/mol. The molecule has 1 atom stereocenters. The van der Waals surface area contributed by atoms with Crippen LogP contribution in [0.3, 0.4) is 0 Å². The molecule has 0 aliphatic carbocycles. The molecule has 1 aliphatic rings. The second-order valence-electron chi connectivity index (χ2n) is 6.09. The SMILES string of the molecule is CC(c1ccc(O)cc1F)N1CCN(C)C(C)(C)C1. The number of hydrogen-bond acceptors (Lipinski definition) is 3. The predicted molar refractivity (Wildman–Crippen MR) is 74.8 cm³/mol. The summed E-state index contributed by atoms with van der Waals surface area (Å²) < 4.78 is 13.9. The molecule has 0 spiro atoms. The minimum absolute atomic E-state index is 0.0212. The van der Waals surface area contributed by atoms with Crippen LogP contribution in [0.15, 0.2) is 18.2 Å². The van der Waals surface area contributed by atoms with E-state index in [1.54, 1.807) is 12.1 Å². The van der Waals surface area contributed by atoms with E-state index in [0.29, 0.717) is 5.56 Å². The minimum Gasteiger partial charge on any atom is -0.508 e. The van der Waals surface area contributed by atoms with Crippen LogP contribution in [0.25, 0.3) is 0 Å². The lowest BCUT2D eigenvalue weighted by Gasteiger charge is -2.47. The van der Waals surface area contributed by atoms with E-state index in [-0.39, 0.29) is 23.1 Å². The van der Waals surface area contributed by atoms with E-state index in [0.717, 1.165) is 19.6 Å². The highest BCUT2D eigenvalue weighted by Gasteiger charge is 2.33. The Balaban J connectivity index is 2.18. The van der Waals surface area contributed by atoms with Gasteiger partial charge < -0.3 is 5.11 Å². The van der Waals surface area contributed by atoms with Gasteiger partial charge in [-0.25, -0.2) is 4.39 Å². The van der Waals surface area contributed by atoms with E-state index in [4.69, 9.17) is 0 Å². The Morgan fingerprint density at radius 1 is 1.32 bits per heavy atom. The molecule has 1 aromatic carbocycles. The normalized spacial score (nSPS) is 22.4. The van der Waals surface area contributed by atoms with Crippen molar-refractivity contribution >= 4 is 0 Å². The standard InChI is InChI=1S/C15H23FN2O/c1-11(13-6-5-12(19)9-14(13)16)18-8-7-17(4)15(2,3)10-18/h5-6,9,11,19H,7-8,10H2,1-4H3. The van der Waals surface area contributed by atoms with Gasteiger partial charge in [-0.2, -0.15) is 0 Å². The Kier molecular flexibility index (Phi) is 3.83. The highest BCUT2D eigenvalue weighted by molar-refractivity contribution is 5.29. The molecule has 106 valence electrons. The molecule has 1 unspecified atom stereocenters. The van der Waals surface area contributed by atoms with Crippen LogP contribution >= 0.6 is 0 Å². The predicted octanol–water partition coefficient (Wildman–Crippen LogP) is 2.62. The Labute approximate surface area is 114 Å². The van der Waals surface area contributed by atoms with Crippen LogP contribution in [0.5, 0.6) is 5.75 Å². The second kappa shape index (κ2) is 5.10. The first-order valence-corrected chi connectivity index (χ1v) is 6.75. The van der Waals surface area contributed by atoms with Gasteiger partial charge in [0.1, 0.15) is 11.6 Å². The Hall–Kier alpha value is -1.13. The number of piperazine rings is 1. The van der Waals surface area contributed by atoms with Gasteiger partial charge in [-0.05, 0) is 33.9 Å². The van der Waals surface area contributed by atoms with Gasteiger partial charge in [-0.1, -0.05) is 6.07 Å². The van der Waals surface area contributed by atoms with Gasteiger partial charge in [-0.15, -0.1) is 0 Å². The van der Waals surface area contributed by atoms with E-state index in [2.05, 4.69) is 30.7 Å². The van der Waals surface area contributed by atoms with Gasteiger partial charge >= 0.3 is 0 Å². The van der Waals surface area contributed by atoms with E-state index >= 15 is 0 Å². The zero-order valence-electron chi connectivity index (χ0n) is 12.2. The lowest BCUT2D eigenvalue weighted by Crippen LogP contribution is -2.57. The molecule has 0 radical (unpaired) electrons. The number of phenols is 1. The lowest BCUT2D eigenvalue weighted by atomic mass is 9.96. The molecule has 0 aromatic heterocycles. The number of phenolic OH excluding ortho intramolecular Hbond substituents is 1. The molecule has 19 heavy (non-hydrogen) atoms. The van der Waals surface area contributed by atoms with Gasteiger partial charge in [0.2, 0.25) is 0 Å². The largest absolute Gasteiger partial charge is 0.508 e. The van der Waals surface area contributed by atoms with E-state index < -0.39 is 0 Å². The van der Waals surface area contributed by atoms with Crippen molar-refractivity contribution in [3.05, 3.63) is 29.6 Å². The molecular formula is C15H23FN2O. The van der Waals surface area contributed by atoms with E-state index in [1.165, 1.54) is 6.07 Å². The highest BCUT2D eigenvalue weighted by atomic mass is 19.1. The number of halogens is 1. The molecule has 1 aliphatic heterocycles. The third-order valence-corrected chi connectivity index (χ3v) is 4.33. The fraction of sp³-hybridized carbons (Fsp3) is 0.600. The van der Waals surface area contributed by atoms with Crippen LogP contribution in [-0.2, 0) is 0 Å². The molecule has 1 heterocycles. The van der Waals surface area contributed by atoms with Crippen LogP contribution < -0.4 is 0 Å². The number of likely N-dealkylation sites (N-methyl/N-ethyl adjacent to an activating group) is 1. The fourth-order valence-corrected chi connectivity index (χ4v) is 2.66. The minimum atomic E-state index is -0.329. The summed E-state index contributed by atoms with van der Waals surface area (Å²) in [6.45, 7) is 9.26. The quantitative estimate of drug-likeness (QED) is 0.891. The average molecular weight is 266 g/mol. The summed E-state index contributed by atoms with van der Waals surface area (Å²) in [5.74, 6) is -0.351. The Morgan fingerprint density at radius 2 is 2.00 bits per heavy atom. The van der Waals surface area contributed by atoms with Crippen molar-refractivity contribution in [3.63, 3.8) is 0 Å². The summed E-state index contributed by atoms with van der Waals surface area (Å²) in [7, 11) is 2.13. The molecule has 1 aromatic rings. The summed E-state index contributed by atoms with van der Waals surface area (Å²) in [4.78, 5) is 4.64. The number of rotatable bonds is 2. The van der Waals surface area contributed by atoms with E-state index in [9.17, 15) is 9.50 Å². The Bertz CT molecular complexity index is 461. The summed E-state index contributed by atoms with van der Waals surface area (Å²) in [6.07, 6.45) is 0. The third-order valence-electron chi connectivity index (χ3n) is 4.33. The molecule has 3 nitrogen and oxygen atoms in total. The zero-order chi connectivity index (χ0) is 14.2. The highest BCUT2D eigenvalue weighted by Crippen LogP contribution is 2.29. The topological polar surface area (TPSA) is 26.7 Å². The summed E-state index contributed by atoms with van der Waals surface area (Å²) in [5, 5.41) is 9.29. The summed E-state index contributed by atoms with van der Waals surface area (Å²) in [5.41, 5.74) is 0.748. The molecular weight excluding hydrogens is 243 g/mol. The number of hydrogen-bond donors (Lipinski definition) is 1. The van der Waals surface area contributed by atoms with Crippen molar-refractivity contribution in [1.29, 1.82) is 0 Å². The van der Waals surface area contributed by atoms with Crippen molar-refractivity contribution in [2.45, 2.75) is 32.4 Å². The molecule has 2 rings (SSSR count). The van der Waals surface area contributed by atoms with Gasteiger partial charge in [0.15, 0.2) is 0 Å². The summed E-state index contributed by atoms with van der Waals surface area (Å²) >= 11 is 0. The molecule has 1 fully saturated rings. The van der Waals surface area contributed by atoms with Crippen molar-refractivity contribution in [2.75, 3.05) is 26.7 Å². The maximum absolute atomic E-state index is 13.9. The van der Waals surface area contributed by atoms with Crippen LogP contribution in [0, 0.1) is 5.82 Å². The lowest BCUT2D eigenvalue weighted by molar-refractivity contribution is 0.0194. The summed E-state index contributed by atoms with van der Waals surface area (Å²) in [6, 6.07) is 4.44. The van der Waals surface area contributed by atoms with Crippen LogP contribution in [0.1, 0.15) is 32.4 Å². The third kappa shape index (κ3) is 2.90. The number of nitrogens with zero attached hydrogens (tertiary/aromatic N) is 2. The van der Waals surface area contributed by atoms with Gasteiger partial charge in [0.25, 0.3) is 0 Å².